The molecule has 2 heteroatoms. The van der Waals surface area contributed by atoms with Gasteiger partial charge in [0.05, 0.1) is 6.26 Å². The second-order valence-electron chi connectivity index (χ2n) is 5.44. The molecule has 1 aromatic heterocycles. The fourth-order valence-corrected chi connectivity index (χ4v) is 2.83. The maximum Gasteiger partial charge on any atom is 0.104 e. The van der Waals surface area contributed by atoms with Gasteiger partial charge in [-0.05, 0) is 37.0 Å². The van der Waals surface area contributed by atoms with Gasteiger partial charge in [0.25, 0.3) is 0 Å². The van der Waals surface area contributed by atoms with Gasteiger partial charge in [0.2, 0.25) is 0 Å². The van der Waals surface area contributed by atoms with Gasteiger partial charge < -0.3 is 9.73 Å². The van der Waals surface area contributed by atoms with Crippen LogP contribution in [0.2, 0.25) is 0 Å². The summed E-state index contributed by atoms with van der Waals surface area (Å²) in [4.78, 5) is 0. The monoisotopic (exact) mass is 267 g/mol. The number of rotatable bonds is 5. The first-order valence-corrected chi connectivity index (χ1v) is 7.38. The normalized spacial score (nSPS) is 18.8. The predicted molar refractivity (Wildman–Crippen MR) is 81.7 cm³/mol. The summed E-state index contributed by atoms with van der Waals surface area (Å²) in [5.74, 6) is 1.09. The van der Waals surface area contributed by atoms with Gasteiger partial charge in [0, 0.05) is 19.0 Å². The van der Waals surface area contributed by atoms with Crippen molar-refractivity contribution in [2.45, 2.75) is 31.7 Å². The Hall–Kier alpha value is -1.80. The van der Waals surface area contributed by atoms with Crippen molar-refractivity contribution in [3.8, 4) is 0 Å². The fourth-order valence-electron chi connectivity index (χ4n) is 2.83. The molecule has 3 rings (SSSR count). The molecule has 0 fully saturated rings. The van der Waals surface area contributed by atoms with E-state index in [9.17, 15) is 0 Å². The molecule has 1 aliphatic heterocycles. The van der Waals surface area contributed by atoms with E-state index in [0.29, 0.717) is 6.04 Å². The van der Waals surface area contributed by atoms with Crippen LogP contribution in [0.5, 0.6) is 0 Å². The van der Waals surface area contributed by atoms with Crippen molar-refractivity contribution in [3.63, 3.8) is 0 Å². The summed E-state index contributed by atoms with van der Waals surface area (Å²) in [5.41, 5.74) is 2.97. The summed E-state index contributed by atoms with van der Waals surface area (Å²) in [5, 5.41) is 3.59. The third kappa shape index (κ3) is 3.61. The molecule has 1 atom stereocenters. The lowest BCUT2D eigenvalue weighted by Gasteiger charge is -2.24. The van der Waals surface area contributed by atoms with Crippen LogP contribution in [-0.2, 0) is 12.8 Å². The SMILES string of the molecule is C1=C(CCc2ccco2)CC(Cc2ccccc2)NC1. The van der Waals surface area contributed by atoms with E-state index >= 15 is 0 Å². The number of hydrogen-bond donors (Lipinski definition) is 1. The van der Waals surface area contributed by atoms with E-state index < -0.39 is 0 Å². The molecule has 2 heterocycles. The molecule has 0 bridgehead atoms. The summed E-state index contributed by atoms with van der Waals surface area (Å²) < 4.78 is 5.40. The minimum Gasteiger partial charge on any atom is -0.469 e. The summed E-state index contributed by atoms with van der Waals surface area (Å²) in [7, 11) is 0. The number of hydrogen-bond acceptors (Lipinski definition) is 2. The van der Waals surface area contributed by atoms with Crippen LogP contribution >= 0.6 is 0 Å². The minimum atomic E-state index is 0.564. The van der Waals surface area contributed by atoms with Crippen molar-refractivity contribution in [1.82, 2.24) is 5.32 Å². The van der Waals surface area contributed by atoms with Gasteiger partial charge in [-0.1, -0.05) is 42.0 Å². The average Bonchev–Trinajstić information content (AvgIpc) is 3.00. The van der Waals surface area contributed by atoms with Crippen LogP contribution in [-0.4, -0.2) is 12.6 Å². The number of aryl methyl sites for hydroxylation is 1. The second kappa shape index (κ2) is 6.58. The van der Waals surface area contributed by atoms with E-state index in [1.807, 2.05) is 6.07 Å². The van der Waals surface area contributed by atoms with Crippen molar-refractivity contribution >= 4 is 0 Å². The first kappa shape index (κ1) is 13.2. The highest BCUT2D eigenvalue weighted by atomic mass is 16.3. The smallest absolute Gasteiger partial charge is 0.104 e. The third-order valence-electron chi connectivity index (χ3n) is 3.90. The molecule has 0 amide bonds. The van der Waals surface area contributed by atoms with Crippen molar-refractivity contribution in [2.75, 3.05) is 6.54 Å². The quantitative estimate of drug-likeness (QED) is 0.835. The van der Waals surface area contributed by atoms with Gasteiger partial charge in [0.1, 0.15) is 5.76 Å². The lowest BCUT2D eigenvalue weighted by atomic mass is 9.93. The van der Waals surface area contributed by atoms with Crippen molar-refractivity contribution < 1.29 is 4.42 Å². The summed E-state index contributed by atoms with van der Waals surface area (Å²) in [6, 6.07) is 15.3. The first-order valence-electron chi connectivity index (χ1n) is 7.38. The van der Waals surface area contributed by atoms with Gasteiger partial charge in [-0.3, -0.25) is 0 Å². The lowest BCUT2D eigenvalue weighted by Crippen LogP contribution is -2.35. The molecule has 2 nitrogen and oxygen atoms in total. The summed E-state index contributed by atoms with van der Waals surface area (Å²) >= 11 is 0. The summed E-state index contributed by atoms with van der Waals surface area (Å²) in [6.45, 7) is 0.991. The molecule has 0 radical (unpaired) electrons. The van der Waals surface area contributed by atoms with Crippen LogP contribution in [0.15, 0.2) is 64.8 Å². The van der Waals surface area contributed by atoms with Crippen LogP contribution in [0, 0.1) is 0 Å². The molecule has 0 aliphatic carbocycles. The minimum absolute atomic E-state index is 0.564. The molecule has 0 saturated carbocycles. The maximum absolute atomic E-state index is 5.40. The van der Waals surface area contributed by atoms with Crippen LogP contribution in [0.4, 0.5) is 0 Å². The Morgan fingerprint density at radius 3 is 2.75 bits per heavy atom. The largest absolute Gasteiger partial charge is 0.469 e. The van der Waals surface area contributed by atoms with Crippen LogP contribution in [0.1, 0.15) is 24.2 Å². The Balaban J connectivity index is 1.52. The topological polar surface area (TPSA) is 25.2 Å². The molecular formula is C18H21NO. The van der Waals surface area contributed by atoms with Crippen LogP contribution < -0.4 is 5.32 Å². The average molecular weight is 267 g/mol. The van der Waals surface area contributed by atoms with Crippen molar-refractivity contribution in [2.24, 2.45) is 0 Å². The highest BCUT2D eigenvalue weighted by Crippen LogP contribution is 2.19. The zero-order chi connectivity index (χ0) is 13.6. The lowest BCUT2D eigenvalue weighted by molar-refractivity contribution is 0.483. The van der Waals surface area contributed by atoms with E-state index in [0.717, 1.165) is 38.0 Å². The molecule has 0 spiro atoms. The van der Waals surface area contributed by atoms with Crippen molar-refractivity contribution in [3.05, 3.63) is 71.7 Å². The fraction of sp³-hybridized carbons (Fsp3) is 0.333. The standard InChI is InChI=1S/C18H21NO/c1-2-5-15(6-3-1)13-17-14-16(10-11-19-17)8-9-18-7-4-12-20-18/h1-7,10,12,17,19H,8-9,11,13-14H2. The van der Waals surface area contributed by atoms with E-state index in [1.165, 1.54) is 5.56 Å². The summed E-state index contributed by atoms with van der Waals surface area (Å²) in [6.07, 6.45) is 8.47. The molecule has 104 valence electrons. The molecule has 1 aromatic carbocycles. The molecule has 1 unspecified atom stereocenters. The van der Waals surface area contributed by atoms with E-state index in [4.69, 9.17) is 4.42 Å². The Kier molecular flexibility index (Phi) is 4.34. The second-order valence-corrected chi connectivity index (χ2v) is 5.44. The number of nitrogens with one attached hydrogen (secondary N) is 1. The van der Waals surface area contributed by atoms with Gasteiger partial charge >= 0.3 is 0 Å². The zero-order valence-corrected chi connectivity index (χ0v) is 11.7. The van der Waals surface area contributed by atoms with Gasteiger partial charge in [-0.15, -0.1) is 0 Å². The molecule has 1 aliphatic rings. The maximum atomic E-state index is 5.40. The molecular weight excluding hydrogens is 246 g/mol. The Morgan fingerprint density at radius 2 is 1.95 bits per heavy atom. The molecule has 20 heavy (non-hydrogen) atoms. The third-order valence-corrected chi connectivity index (χ3v) is 3.90. The first-order chi connectivity index (χ1) is 9.90. The van der Waals surface area contributed by atoms with Crippen LogP contribution in [0.25, 0.3) is 0 Å². The highest BCUT2D eigenvalue weighted by molar-refractivity contribution is 5.19. The Labute approximate surface area is 120 Å². The molecule has 1 N–H and O–H groups in total. The van der Waals surface area contributed by atoms with E-state index in [2.05, 4.69) is 47.8 Å². The zero-order valence-electron chi connectivity index (χ0n) is 11.7. The Bertz CT molecular complexity index is 542. The van der Waals surface area contributed by atoms with Crippen molar-refractivity contribution in [1.29, 1.82) is 0 Å². The predicted octanol–water partition coefficient (Wildman–Crippen LogP) is 3.74. The van der Waals surface area contributed by atoms with Gasteiger partial charge in [0.15, 0.2) is 0 Å². The van der Waals surface area contributed by atoms with E-state index in [-0.39, 0.29) is 0 Å². The van der Waals surface area contributed by atoms with E-state index in [1.54, 1.807) is 11.8 Å². The molecule has 0 saturated heterocycles. The van der Waals surface area contributed by atoms with Gasteiger partial charge in [-0.25, -0.2) is 0 Å². The van der Waals surface area contributed by atoms with Gasteiger partial charge in [-0.2, -0.15) is 0 Å². The number of benzene rings is 1. The Morgan fingerprint density at radius 1 is 1.05 bits per heavy atom. The number of furan rings is 1. The highest BCUT2D eigenvalue weighted by Gasteiger charge is 2.15. The molecule has 2 aromatic rings. The van der Waals surface area contributed by atoms with Crippen LogP contribution in [0.3, 0.4) is 0 Å².